The molecule has 150 valence electrons. The van der Waals surface area contributed by atoms with Gasteiger partial charge in [0.2, 0.25) is 0 Å². The molecule has 8 nitrogen and oxygen atoms in total. The SMILES string of the molecule is Cc1ccccc1OCC(=O)Nc1ccc(Nc2cc(-n3cccn3)ncn2)cc1. The van der Waals surface area contributed by atoms with Crippen LogP contribution < -0.4 is 15.4 Å². The fraction of sp³-hybridized carbons (Fsp3) is 0.0909. The zero-order valence-electron chi connectivity index (χ0n) is 16.3. The molecule has 0 aliphatic heterocycles. The molecule has 2 heterocycles. The average Bonchev–Trinajstić information content (AvgIpc) is 3.30. The summed E-state index contributed by atoms with van der Waals surface area (Å²) >= 11 is 0. The lowest BCUT2D eigenvalue weighted by Crippen LogP contribution is -2.20. The molecule has 0 radical (unpaired) electrons. The zero-order chi connectivity index (χ0) is 20.8. The minimum absolute atomic E-state index is 0.0536. The third-order valence-electron chi connectivity index (χ3n) is 4.29. The van der Waals surface area contributed by atoms with Crippen LogP contribution >= 0.6 is 0 Å². The summed E-state index contributed by atoms with van der Waals surface area (Å²) in [5.74, 6) is 1.78. The molecular formula is C22H20N6O2. The summed E-state index contributed by atoms with van der Waals surface area (Å²) in [5, 5.41) is 10.2. The number of carbonyl (C=O) groups is 1. The Morgan fingerprint density at radius 1 is 1.03 bits per heavy atom. The van der Waals surface area contributed by atoms with E-state index in [1.54, 1.807) is 16.9 Å². The van der Waals surface area contributed by atoms with Crippen LogP contribution in [0.1, 0.15) is 5.56 Å². The smallest absolute Gasteiger partial charge is 0.262 e. The van der Waals surface area contributed by atoms with Gasteiger partial charge in [-0.25, -0.2) is 14.6 Å². The van der Waals surface area contributed by atoms with Gasteiger partial charge in [-0.05, 0) is 48.9 Å². The molecule has 0 bridgehead atoms. The topological polar surface area (TPSA) is 94.0 Å². The number of hydrogen-bond donors (Lipinski definition) is 2. The highest BCUT2D eigenvalue weighted by atomic mass is 16.5. The molecule has 1 amide bonds. The third kappa shape index (κ3) is 4.79. The molecule has 2 aromatic heterocycles. The van der Waals surface area contributed by atoms with Crippen molar-refractivity contribution in [2.24, 2.45) is 0 Å². The second kappa shape index (κ2) is 8.87. The van der Waals surface area contributed by atoms with Gasteiger partial charge in [0.15, 0.2) is 12.4 Å². The van der Waals surface area contributed by atoms with Crippen molar-refractivity contribution in [1.29, 1.82) is 0 Å². The summed E-state index contributed by atoms with van der Waals surface area (Å²) in [6, 6.07) is 18.5. The van der Waals surface area contributed by atoms with Gasteiger partial charge < -0.3 is 15.4 Å². The van der Waals surface area contributed by atoms with Crippen molar-refractivity contribution in [2.75, 3.05) is 17.2 Å². The first-order valence-electron chi connectivity index (χ1n) is 9.35. The molecule has 30 heavy (non-hydrogen) atoms. The summed E-state index contributed by atoms with van der Waals surface area (Å²) in [6.07, 6.45) is 4.98. The van der Waals surface area contributed by atoms with E-state index >= 15 is 0 Å². The fourth-order valence-corrected chi connectivity index (χ4v) is 2.79. The van der Waals surface area contributed by atoms with Crippen LogP contribution in [0.4, 0.5) is 17.2 Å². The number of anilines is 3. The summed E-state index contributed by atoms with van der Waals surface area (Å²) in [7, 11) is 0. The third-order valence-corrected chi connectivity index (χ3v) is 4.29. The molecule has 0 aliphatic rings. The maximum atomic E-state index is 12.1. The van der Waals surface area contributed by atoms with Crippen LogP contribution in [0, 0.1) is 6.92 Å². The molecule has 0 saturated carbocycles. The van der Waals surface area contributed by atoms with E-state index in [9.17, 15) is 4.79 Å². The van der Waals surface area contributed by atoms with E-state index in [0.29, 0.717) is 23.1 Å². The Morgan fingerprint density at radius 3 is 2.60 bits per heavy atom. The minimum Gasteiger partial charge on any atom is -0.483 e. The molecule has 2 N–H and O–H groups in total. The minimum atomic E-state index is -0.223. The quantitative estimate of drug-likeness (QED) is 0.491. The number of rotatable bonds is 7. The molecular weight excluding hydrogens is 380 g/mol. The van der Waals surface area contributed by atoms with Crippen molar-refractivity contribution in [3.05, 3.63) is 84.9 Å². The molecule has 0 aliphatic carbocycles. The molecule has 0 spiro atoms. The van der Waals surface area contributed by atoms with Crippen LogP contribution in [-0.4, -0.2) is 32.3 Å². The monoisotopic (exact) mass is 400 g/mol. The lowest BCUT2D eigenvalue weighted by molar-refractivity contribution is -0.118. The number of benzene rings is 2. The second-order valence-corrected chi connectivity index (χ2v) is 6.52. The first-order valence-corrected chi connectivity index (χ1v) is 9.35. The van der Waals surface area contributed by atoms with E-state index in [1.165, 1.54) is 6.33 Å². The number of para-hydroxylation sites is 1. The normalized spacial score (nSPS) is 10.4. The maximum absolute atomic E-state index is 12.1. The largest absolute Gasteiger partial charge is 0.483 e. The van der Waals surface area contributed by atoms with Crippen molar-refractivity contribution in [2.45, 2.75) is 6.92 Å². The molecule has 0 saturated heterocycles. The number of aromatic nitrogens is 4. The van der Waals surface area contributed by atoms with Gasteiger partial charge in [-0.15, -0.1) is 0 Å². The van der Waals surface area contributed by atoms with Crippen molar-refractivity contribution >= 4 is 23.1 Å². The van der Waals surface area contributed by atoms with E-state index in [-0.39, 0.29) is 12.5 Å². The summed E-state index contributed by atoms with van der Waals surface area (Å²) in [5.41, 5.74) is 2.49. The Bertz CT molecular complexity index is 1130. The van der Waals surface area contributed by atoms with Crippen molar-refractivity contribution in [3.63, 3.8) is 0 Å². The molecule has 0 fully saturated rings. The second-order valence-electron chi connectivity index (χ2n) is 6.52. The van der Waals surface area contributed by atoms with Gasteiger partial charge in [0, 0.05) is 29.8 Å². The van der Waals surface area contributed by atoms with Crippen LogP contribution in [0.25, 0.3) is 5.82 Å². The Morgan fingerprint density at radius 2 is 1.83 bits per heavy atom. The highest BCUT2D eigenvalue weighted by Gasteiger charge is 2.06. The van der Waals surface area contributed by atoms with Crippen LogP contribution in [0.5, 0.6) is 5.75 Å². The molecule has 4 rings (SSSR count). The van der Waals surface area contributed by atoms with Gasteiger partial charge in [-0.1, -0.05) is 18.2 Å². The van der Waals surface area contributed by atoms with E-state index < -0.39 is 0 Å². The van der Waals surface area contributed by atoms with Crippen molar-refractivity contribution in [3.8, 4) is 11.6 Å². The zero-order valence-corrected chi connectivity index (χ0v) is 16.3. The Kier molecular flexibility index (Phi) is 5.66. The van der Waals surface area contributed by atoms with E-state index in [1.807, 2.05) is 67.7 Å². The number of amides is 1. The number of nitrogens with zero attached hydrogens (tertiary/aromatic N) is 4. The number of aryl methyl sites for hydroxylation is 1. The van der Waals surface area contributed by atoms with E-state index in [0.717, 1.165) is 11.3 Å². The van der Waals surface area contributed by atoms with Gasteiger partial charge in [0.05, 0.1) is 0 Å². The summed E-state index contributed by atoms with van der Waals surface area (Å²) < 4.78 is 7.23. The first kappa shape index (κ1) is 19.1. The molecule has 2 aromatic carbocycles. The fourth-order valence-electron chi connectivity index (χ4n) is 2.79. The lowest BCUT2D eigenvalue weighted by atomic mass is 10.2. The highest BCUT2D eigenvalue weighted by Crippen LogP contribution is 2.19. The van der Waals surface area contributed by atoms with Crippen LogP contribution in [0.3, 0.4) is 0 Å². The number of carbonyl (C=O) groups excluding carboxylic acids is 1. The molecule has 4 aromatic rings. The Balaban J connectivity index is 1.33. The standard InChI is InChI=1S/C22H20N6O2/c1-16-5-2-3-6-19(16)30-14-22(29)27-18-9-7-17(8-10-18)26-20-13-21(24-15-23-20)28-12-4-11-25-28/h2-13,15H,14H2,1H3,(H,27,29)(H,23,24,26). The predicted molar refractivity (Wildman–Crippen MR) is 114 cm³/mol. The first-order chi connectivity index (χ1) is 14.7. The number of nitrogens with one attached hydrogen (secondary N) is 2. The summed E-state index contributed by atoms with van der Waals surface area (Å²) in [6.45, 7) is 1.89. The average molecular weight is 400 g/mol. The maximum Gasteiger partial charge on any atom is 0.262 e. The number of ether oxygens (including phenoxy) is 1. The molecule has 8 heteroatoms. The van der Waals surface area contributed by atoms with Gasteiger partial charge in [-0.3, -0.25) is 4.79 Å². The number of hydrogen-bond acceptors (Lipinski definition) is 6. The molecule has 0 unspecified atom stereocenters. The van der Waals surface area contributed by atoms with Gasteiger partial charge >= 0.3 is 0 Å². The lowest BCUT2D eigenvalue weighted by Gasteiger charge is -2.10. The van der Waals surface area contributed by atoms with E-state index in [2.05, 4.69) is 25.7 Å². The van der Waals surface area contributed by atoms with E-state index in [4.69, 9.17) is 4.74 Å². The van der Waals surface area contributed by atoms with Gasteiger partial charge in [0.25, 0.3) is 5.91 Å². The Labute approximate surface area is 173 Å². The molecule has 0 atom stereocenters. The summed E-state index contributed by atoms with van der Waals surface area (Å²) in [4.78, 5) is 20.6. The van der Waals surface area contributed by atoms with Crippen LogP contribution in [0.2, 0.25) is 0 Å². The van der Waals surface area contributed by atoms with Crippen LogP contribution in [0.15, 0.2) is 79.4 Å². The van der Waals surface area contributed by atoms with Crippen molar-refractivity contribution < 1.29 is 9.53 Å². The van der Waals surface area contributed by atoms with Crippen molar-refractivity contribution in [1.82, 2.24) is 19.7 Å². The van der Waals surface area contributed by atoms with Gasteiger partial charge in [0.1, 0.15) is 17.9 Å². The Hall–Kier alpha value is -4.20. The van der Waals surface area contributed by atoms with Crippen LogP contribution in [-0.2, 0) is 4.79 Å². The van der Waals surface area contributed by atoms with Gasteiger partial charge in [-0.2, -0.15) is 5.10 Å². The highest BCUT2D eigenvalue weighted by molar-refractivity contribution is 5.92. The predicted octanol–water partition coefficient (Wildman–Crippen LogP) is 3.73.